The van der Waals surface area contributed by atoms with Crippen molar-refractivity contribution in [2.45, 2.75) is 13.0 Å². The van der Waals surface area contributed by atoms with E-state index in [1.54, 1.807) is 0 Å². The highest BCUT2D eigenvalue weighted by molar-refractivity contribution is 6.44. The molecule has 0 amide bonds. The van der Waals surface area contributed by atoms with Gasteiger partial charge in [-0.3, -0.25) is 9.59 Å². The molecule has 0 saturated heterocycles. The minimum atomic E-state index is -0.466. The molecule has 102 valence electrons. The number of fused-ring (bicyclic) bond motifs is 1. The number of hydrogen-bond acceptors (Lipinski definition) is 5. The van der Waals surface area contributed by atoms with Crippen LogP contribution in [0.5, 0.6) is 11.5 Å². The number of hydrogen-bond donors (Lipinski definition) is 0. The topological polar surface area (TPSA) is 61.8 Å². The SMILES string of the molecule is CC(=O)OCC1COc2cc(C=O)c(Cl)c(Cl)c2O1. The van der Waals surface area contributed by atoms with Crippen LogP contribution in [0.1, 0.15) is 17.3 Å². The van der Waals surface area contributed by atoms with Crippen LogP contribution in [-0.4, -0.2) is 31.6 Å². The van der Waals surface area contributed by atoms with Crippen LogP contribution in [0.25, 0.3) is 0 Å². The summed E-state index contributed by atoms with van der Waals surface area (Å²) in [6.45, 7) is 1.55. The first-order valence-corrected chi connectivity index (χ1v) is 6.18. The largest absolute Gasteiger partial charge is 0.486 e. The van der Waals surface area contributed by atoms with Crippen molar-refractivity contribution >= 4 is 35.5 Å². The van der Waals surface area contributed by atoms with Gasteiger partial charge in [-0.2, -0.15) is 0 Å². The maximum Gasteiger partial charge on any atom is 0.302 e. The summed E-state index contributed by atoms with van der Waals surface area (Å²) in [7, 11) is 0. The van der Waals surface area contributed by atoms with E-state index in [0.717, 1.165) is 0 Å². The van der Waals surface area contributed by atoms with Crippen molar-refractivity contribution in [2.24, 2.45) is 0 Å². The molecule has 0 bridgehead atoms. The molecular formula is C12H10Cl2O5. The molecule has 0 spiro atoms. The summed E-state index contributed by atoms with van der Waals surface area (Å²) in [5, 5.41) is 0.209. The molecule has 1 aromatic rings. The van der Waals surface area contributed by atoms with Crippen molar-refractivity contribution in [3.8, 4) is 11.5 Å². The molecule has 1 atom stereocenters. The van der Waals surface area contributed by atoms with Crippen molar-refractivity contribution in [1.29, 1.82) is 0 Å². The molecule has 1 aliphatic rings. The molecule has 2 rings (SSSR count). The van der Waals surface area contributed by atoms with Gasteiger partial charge in [0.25, 0.3) is 0 Å². The zero-order chi connectivity index (χ0) is 14.0. The second-order valence-corrected chi connectivity index (χ2v) is 4.65. The number of rotatable bonds is 3. The van der Waals surface area contributed by atoms with Crippen LogP contribution in [0.2, 0.25) is 10.0 Å². The van der Waals surface area contributed by atoms with Gasteiger partial charge in [0.2, 0.25) is 0 Å². The minimum Gasteiger partial charge on any atom is -0.486 e. The second kappa shape index (κ2) is 5.67. The Bertz CT molecular complexity index is 529. The minimum absolute atomic E-state index is 0.0537. The van der Waals surface area contributed by atoms with E-state index in [-0.39, 0.29) is 34.6 Å². The highest BCUT2D eigenvalue weighted by Crippen LogP contribution is 2.44. The van der Waals surface area contributed by atoms with E-state index in [9.17, 15) is 9.59 Å². The lowest BCUT2D eigenvalue weighted by atomic mass is 10.2. The quantitative estimate of drug-likeness (QED) is 0.634. The number of aldehydes is 1. The molecule has 0 saturated carbocycles. The Morgan fingerprint density at radius 1 is 1.53 bits per heavy atom. The lowest BCUT2D eigenvalue weighted by Gasteiger charge is -2.27. The zero-order valence-corrected chi connectivity index (χ0v) is 11.5. The summed E-state index contributed by atoms with van der Waals surface area (Å²) in [6, 6.07) is 1.46. The lowest BCUT2D eigenvalue weighted by Crippen LogP contribution is -2.34. The van der Waals surface area contributed by atoms with Gasteiger partial charge in [0.1, 0.15) is 18.2 Å². The van der Waals surface area contributed by atoms with E-state index in [1.807, 2.05) is 0 Å². The Morgan fingerprint density at radius 3 is 2.89 bits per heavy atom. The van der Waals surface area contributed by atoms with Crippen molar-refractivity contribution < 1.29 is 23.8 Å². The van der Waals surface area contributed by atoms with Crippen LogP contribution >= 0.6 is 23.2 Å². The Morgan fingerprint density at radius 2 is 2.26 bits per heavy atom. The molecular weight excluding hydrogens is 295 g/mol. The molecule has 0 radical (unpaired) electrons. The molecule has 7 heteroatoms. The molecule has 1 aliphatic heterocycles. The van der Waals surface area contributed by atoms with Gasteiger partial charge >= 0.3 is 5.97 Å². The van der Waals surface area contributed by atoms with E-state index in [4.69, 9.17) is 37.4 Å². The summed E-state index contributed by atoms with van der Waals surface area (Å²) in [4.78, 5) is 21.5. The molecule has 1 unspecified atom stereocenters. The molecule has 19 heavy (non-hydrogen) atoms. The molecule has 0 aliphatic carbocycles. The van der Waals surface area contributed by atoms with Gasteiger partial charge in [-0.05, 0) is 6.07 Å². The fourth-order valence-corrected chi connectivity index (χ4v) is 2.02. The number of carbonyl (C=O) groups is 2. The summed E-state index contributed by atoms with van der Waals surface area (Å²) in [6.07, 6.45) is 0.120. The molecule has 0 fully saturated rings. The Kier molecular flexibility index (Phi) is 4.17. The first-order valence-electron chi connectivity index (χ1n) is 5.43. The standard InChI is InChI=1S/C12H10Cl2O5/c1-6(16)17-4-8-5-18-9-2-7(3-15)10(13)11(14)12(9)19-8/h2-3,8H,4-5H2,1H3. The first kappa shape index (κ1) is 14.0. The summed E-state index contributed by atoms with van der Waals surface area (Å²) >= 11 is 11.9. The maximum absolute atomic E-state index is 10.8. The highest BCUT2D eigenvalue weighted by atomic mass is 35.5. The normalized spacial score (nSPS) is 16.9. The summed E-state index contributed by atoms with van der Waals surface area (Å²) in [5.41, 5.74) is 0.229. The van der Waals surface area contributed by atoms with E-state index >= 15 is 0 Å². The van der Waals surface area contributed by atoms with Crippen LogP contribution in [0.3, 0.4) is 0 Å². The third-order valence-corrected chi connectivity index (χ3v) is 3.33. The first-order chi connectivity index (χ1) is 9.02. The fourth-order valence-electron chi connectivity index (χ4n) is 1.58. The van der Waals surface area contributed by atoms with Crippen LogP contribution in [-0.2, 0) is 9.53 Å². The van der Waals surface area contributed by atoms with E-state index in [1.165, 1.54) is 13.0 Å². The van der Waals surface area contributed by atoms with Crippen LogP contribution in [0.4, 0.5) is 0 Å². The van der Waals surface area contributed by atoms with Gasteiger partial charge in [-0.1, -0.05) is 23.2 Å². The van der Waals surface area contributed by atoms with E-state index in [0.29, 0.717) is 12.0 Å². The van der Waals surface area contributed by atoms with Gasteiger partial charge in [0.15, 0.2) is 23.9 Å². The fraction of sp³-hybridized carbons (Fsp3) is 0.333. The summed E-state index contributed by atoms with van der Waals surface area (Å²) < 4.78 is 15.8. The van der Waals surface area contributed by atoms with Crippen molar-refractivity contribution in [3.63, 3.8) is 0 Å². The number of carbonyl (C=O) groups excluding carboxylic acids is 2. The van der Waals surface area contributed by atoms with Crippen molar-refractivity contribution in [1.82, 2.24) is 0 Å². The lowest BCUT2D eigenvalue weighted by molar-refractivity contribution is -0.144. The third-order valence-electron chi connectivity index (χ3n) is 2.46. The van der Waals surface area contributed by atoms with Gasteiger partial charge < -0.3 is 14.2 Å². The Balaban J connectivity index is 2.23. The van der Waals surface area contributed by atoms with Gasteiger partial charge in [0.05, 0.1) is 5.02 Å². The zero-order valence-electron chi connectivity index (χ0n) is 9.94. The van der Waals surface area contributed by atoms with E-state index < -0.39 is 12.1 Å². The van der Waals surface area contributed by atoms with Crippen LogP contribution in [0.15, 0.2) is 6.07 Å². The van der Waals surface area contributed by atoms with E-state index in [2.05, 4.69) is 0 Å². The smallest absolute Gasteiger partial charge is 0.302 e. The van der Waals surface area contributed by atoms with Crippen molar-refractivity contribution in [2.75, 3.05) is 13.2 Å². The van der Waals surface area contributed by atoms with Crippen molar-refractivity contribution in [3.05, 3.63) is 21.7 Å². The van der Waals surface area contributed by atoms with Crippen LogP contribution in [0, 0.1) is 0 Å². The average Bonchev–Trinajstić information content (AvgIpc) is 2.40. The van der Waals surface area contributed by atoms with Gasteiger partial charge in [-0.15, -0.1) is 0 Å². The maximum atomic E-state index is 10.8. The Labute approximate surface area is 119 Å². The molecule has 1 aromatic carbocycles. The van der Waals surface area contributed by atoms with Crippen LogP contribution < -0.4 is 9.47 Å². The third kappa shape index (κ3) is 2.93. The second-order valence-electron chi connectivity index (χ2n) is 3.89. The van der Waals surface area contributed by atoms with Gasteiger partial charge in [-0.25, -0.2) is 0 Å². The number of esters is 1. The number of ether oxygens (including phenoxy) is 3. The number of halogens is 2. The Hall–Kier alpha value is -1.46. The average molecular weight is 305 g/mol. The molecule has 1 heterocycles. The highest BCUT2D eigenvalue weighted by Gasteiger charge is 2.27. The summed E-state index contributed by atoms with van der Waals surface area (Å²) in [5.74, 6) is 0.186. The number of benzene rings is 1. The monoisotopic (exact) mass is 304 g/mol. The molecule has 5 nitrogen and oxygen atoms in total. The predicted molar refractivity (Wildman–Crippen MR) is 68.4 cm³/mol. The molecule has 0 aromatic heterocycles. The van der Waals surface area contributed by atoms with Gasteiger partial charge in [0, 0.05) is 12.5 Å². The molecule has 0 N–H and O–H groups in total. The predicted octanol–water partition coefficient (Wildman–Crippen LogP) is 2.51.